The van der Waals surface area contributed by atoms with E-state index in [0.29, 0.717) is 38.3 Å². The molecule has 1 saturated heterocycles. The topological polar surface area (TPSA) is 81.1 Å². The SMILES string of the molecule is CS(=O)(=O)N1CCN(Cc2ccc(B(O)O)cc2F)CC1. The minimum absolute atomic E-state index is 0.109. The quantitative estimate of drug-likeness (QED) is 0.667. The molecule has 0 atom stereocenters. The Morgan fingerprint density at radius 2 is 1.86 bits per heavy atom. The lowest BCUT2D eigenvalue weighted by atomic mass is 9.80. The Kier molecular flexibility index (Phi) is 5.00. The smallest absolute Gasteiger partial charge is 0.423 e. The predicted octanol–water partition coefficient (Wildman–Crippen LogP) is -1.42. The summed E-state index contributed by atoms with van der Waals surface area (Å²) in [6.45, 7) is 2.24. The molecule has 2 rings (SSSR count). The molecule has 6 nitrogen and oxygen atoms in total. The molecule has 1 aliphatic rings. The summed E-state index contributed by atoms with van der Waals surface area (Å²) in [7, 11) is -4.86. The van der Waals surface area contributed by atoms with E-state index in [-0.39, 0.29) is 5.46 Å². The van der Waals surface area contributed by atoms with Gasteiger partial charge in [0.25, 0.3) is 0 Å². The molecule has 21 heavy (non-hydrogen) atoms. The van der Waals surface area contributed by atoms with Gasteiger partial charge < -0.3 is 10.0 Å². The van der Waals surface area contributed by atoms with E-state index in [1.54, 1.807) is 0 Å². The van der Waals surface area contributed by atoms with Crippen LogP contribution >= 0.6 is 0 Å². The number of sulfonamides is 1. The highest BCUT2D eigenvalue weighted by Gasteiger charge is 2.24. The molecule has 2 N–H and O–H groups in total. The standard InChI is InChI=1S/C12H18BFN2O4S/c1-21(19,20)16-6-4-15(5-7-16)9-10-2-3-11(13(17)18)8-12(10)14/h2-3,8,17-18H,4-7,9H2,1H3. The number of nitrogens with zero attached hydrogens (tertiary/aromatic N) is 2. The molecule has 1 aliphatic heterocycles. The molecule has 1 heterocycles. The first-order chi connectivity index (χ1) is 9.77. The van der Waals surface area contributed by atoms with Crippen molar-refractivity contribution >= 4 is 22.6 Å². The predicted molar refractivity (Wildman–Crippen MR) is 77.9 cm³/mol. The molecule has 0 spiro atoms. The van der Waals surface area contributed by atoms with Crippen LogP contribution in [0.25, 0.3) is 0 Å². The van der Waals surface area contributed by atoms with E-state index < -0.39 is 23.0 Å². The van der Waals surface area contributed by atoms with Crippen molar-refractivity contribution in [3.8, 4) is 0 Å². The summed E-state index contributed by atoms with van der Waals surface area (Å²) < 4.78 is 38.1. The number of hydrogen-bond donors (Lipinski definition) is 2. The van der Waals surface area contributed by atoms with Gasteiger partial charge in [-0.3, -0.25) is 4.90 Å². The lowest BCUT2D eigenvalue weighted by Gasteiger charge is -2.33. The van der Waals surface area contributed by atoms with Crippen LogP contribution in [0.3, 0.4) is 0 Å². The maximum absolute atomic E-state index is 13.9. The van der Waals surface area contributed by atoms with Gasteiger partial charge in [-0.05, 0) is 11.5 Å². The first-order valence-electron chi connectivity index (χ1n) is 6.59. The number of rotatable bonds is 4. The van der Waals surface area contributed by atoms with Gasteiger partial charge in [-0.25, -0.2) is 12.8 Å². The van der Waals surface area contributed by atoms with Gasteiger partial charge in [0.05, 0.1) is 6.26 Å². The van der Waals surface area contributed by atoms with E-state index in [0.717, 1.165) is 6.07 Å². The van der Waals surface area contributed by atoms with Gasteiger partial charge >= 0.3 is 7.12 Å². The van der Waals surface area contributed by atoms with Crippen LogP contribution in [0, 0.1) is 5.82 Å². The number of halogens is 1. The summed E-state index contributed by atoms with van der Waals surface area (Å²) in [4.78, 5) is 1.97. The number of benzene rings is 1. The van der Waals surface area contributed by atoms with Crippen molar-refractivity contribution < 1.29 is 22.9 Å². The molecule has 9 heteroatoms. The van der Waals surface area contributed by atoms with Gasteiger partial charge in [0, 0.05) is 38.3 Å². The molecular weight excluding hydrogens is 298 g/mol. The van der Waals surface area contributed by atoms with Gasteiger partial charge in [0.1, 0.15) is 5.82 Å². The second-order valence-electron chi connectivity index (χ2n) is 5.16. The highest BCUT2D eigenvalue weighted by atomic mass is 32.2. The van der Waals surface area contributed by atoms with E-state index in [4.69, 9.17) is 10.0 Å². The minimum Gasteiger partial charge on any atom is -0.423 e. The molecule has 0 aliphatic carbocycles. The van der Waals surface area contributed by atoms with Gasteiger partial charge in [0.15, 0.2) is 0 Å². The lowest BCUT2D eigenvalue weighted by molar-refractivity contribution is 0.180. The summed E-state index contributed by atoms with van der Waals surface area (Å²) in [6, 6.07) is 4.09. The minimum atomic E-state index is -3.17. The van der Waals surface area contributed by atoms with Gasteiger partial charge in [-0.1, -0.05) is 12.1 Å². The number of piperazine rings is 1. The van der Waals surface area contributed by atoms with Crippen molar-refractivity contribution in [1.82, 2.24) is 9.21 Å². The zero-order chi connectivity index (χ0) is 15.6. The maximum atomic E-state index is 13.9. The van der Waals surface area contributed by atoms with Crippen LogP contribution in [0.1, 0.15) is 5.56 Å². The molecule has 1 aromatic rings. The van der Waals surface area contributed by atoms with Gasteiger partial charge in [-0.15, -0.1) is 0 Å². The van der Waals surface area contributed by atoms with Crippen LogP contribution in [-0.4, -0.2) is 67.2 Å². The van der Waals surface area contributed by atoms with Crippen molar-refractivity contribution in [2.75, 3.05) is 32.4 Å². The van der Waals surface area contributed by atoms with Crippen LogP contribution in [0.5, 0.6) is 0 Å². The maximum Gasteiger partial charge on any atom is 0.488 e. The molecule has 0 aromatic heterocycles. The fraction of sp³-hybridized carbons (Fsp3) is 0.500. The van der Waals surface area contributed by atoms with Gasteiger partial charge in [-0.2, -0.15) is 4.31 Å². The van der Waals surface area contributed by atoms with Crippen molar-refractivity contribution in [1.29, 1.82) is 0 Å². The zero-order valence-corrected chi connectivity index (χ0v) is 12.6. The Labute approximate surface area is 124 Å². The van der Waals surface area contributed by atoms with Crippen LogP contribution < -0.4 is 5.46 Å². The molecule has 1 aromatic carbocycles. The molecule has 0 unspecified atom stereocenters. The Morgan fingerprint density at radius 3 is 2.33 bits per heavy atom. The molecule has 0 bridgehead atoms. The van der Waals surface area contributed by atoms with Crippen molar-refractivity contribution in [3.63, 3.8) is 0 Å². The van der Waals surface area contributed by atoms with E-state index in [2.05, 4.69) is 0 Å². The van der Waals surface area contributed by atoms with Crippen LogP contribution in [0.4, 0.5) is 4.39 Å². The Morgan fingerprint density at radius 1 is 1.24 bits per heavy atom. The van der Waals surface area contributed by atoms with E-state index in [9.17, 15) is 12.8 Å². The first kappa shape index (κ1) is 16.4. The second kappa shape index (κ2) is 6.41. The molecular formula is C12H18BFN2O4S. The largest absolute Gasteiger partial charge is 0.488 e. The third kappa shape index (κ3) is 4.24. The highest BCUT2D eigenvalue weighted by Crippen LogP contribution is 2.12. The van der Waals surface area contributed by atoms with Crippen LogP contribution in [0.15, 0.2) is 18.2 Å². The lowest BCUT2D eigenvalue weighted by Crippen LogP contribution is -2.47. The van der Waals surface area contributed by atoms with Crippen molar-refractivity contribution in [2.24, 2.45) is 0 Å². The van der Waals surface area contributed by atoms with E-state index in [1.807, 2.05) is 4.90 Å². The summed E-state index contributed by atoms with van der Waals surface area (Å²) in [5, 5.41) is 18.0. The Hall–Kier alpha value is -0.995. The number of hydrogen-bond acceptors (Lipinski definition) is 5. The highest BCUT2D eigenvalue weighted by molar-refractivity contribution is 7.88. The average molecular weight is 316 g/mol. The fourth-order valence-corrected chi connectivity index (χ4v) is 3.14. The summed E-state index contributed by atoms with van der Waals surface area (Å²) in [5.41, 5.74) is 0.561. The zero-order valence-electron chi connectivity index (χ0n) is 11.7. The third-order valence-corrected chi connectivity index (χ3v) is 4.87. The molecule has 0 amide bonds. The molecule has 0 saturated carbocycles. The third-order valence-electron chi connectivity index (χ3n) is 3.57. The Balaban J connectivity index is 1.98. The van der Waals surface area contributed by atoms with Crippen LogP contribution in [-0.2, 0) is 16.6 Å². The first-order valence-corrected chi connectivity index (χ1v) is 8.44. The van der Waals surface area contributed by atoms with Gasteiger partial charge in [0.2, 0.25) is 10.0 Å². The molecule has 116 valence electrons. The monoisotopic (exact) mass is 316 g/mol. The Bertz CT molecular complexity index is 603. The summed E-state index contributed by atoms with van der Waals surface area (Å²) in [6.07, 6.45) is 1.18. The average Bonchev–Trinajstić information content (AvgIpc) is 2.40. The fourth-order valence-electron chi connectivity index (χ4n) is 2.31. The molecule has 0 radical (unpaired) electrons. The summed E-state index contributed by atoms with van der Waals surface area (Å²) in [5.74, 6) is -0.494. The second-order valence-corrected chi connectivity index (χ2v) is 7.15. The molecule has 1 fully saturated rings. The van der Waals surface area contributed by atoms with E-state index >= 15 is 0 Å². The van der Waals surface area contributed by atoms with Crippen molar-refractivity contribution in [2.45, 2.75) is 6.54 Å². The normalized spacial score (nSPS) is 17.9. The summed E-state index contributed by atoms with van der Waals surface area (Å²) >= 11 is 0. The van der Waals surface area contributed by atoms with Crippen LogP contribution in [0.2, 0.25) is 0 Å². The van der Waals surface area contributed by atoms with E-state index in [1.165, 1.54) is 22.7 Å². The van der Waals surface area contributed by atoms with Crippen molar-refractivity contribution in [3.05, 3.63) is 29.6 Å².